The van der Waals surface area contributed by atoms with Gasteiger partial charge in [-0.1, -0.05) is 6.92 Å². The SMILES string of the molecule is CCC(C)NCCC(=O)NC1=C(c2nc3cc(C(F)(F)F)ccc3s2)C2CCN(C(C)C)CC2S1. The molecule has 1 fully saturated rings. The lowest BCUT2D eigenvalue weighted by Crippen LogP contribution is -2.44. The molecule has 5 nitrogen and oxygen atoms in total. The zero-order chi connectivity index (χ0) is 25.3. The molecule has 1 amide bonds. The second-order valence-electron chi connectivity index (χ2n) is 9.64. The van der Waals surface area contributed by atoms with Crippen LogP contribution >= 0.6 is 23.1 Å². The number of likely N-dealkylation sites (tertiary alicyclic amines) is 1. The first-order valence-electron chi connectivity index (χ1n) is 12.2. The number of amides is 1. The van der Waals surface area contributed by atoms with E-state index in [-0.39, 0.29) is 17.1 Å². The van der Waals surface area contributed by atoms with Crippen molar-refractivity contribution in [3.63, 3.8) is 0 Å². The Labute approximate surface area is 212 Å². The summed E-state index contributed by atoms with van der Waals surface area (Å²) in [6.45, 7) is 11.0. The molecule has 0 spiro atoms. The Morgan fingerprint density at radius 1 is 1.29 bits per heavy atom. The van der Waals surface area contributed by atoms with Gasteiger partial charge < -0.3 is 10.6 Å². The van der Waals surface area contributed by atoms with Crippen LogP contribution in [0.5, 0.6) is 0 Å². The van der Waals surface area contributed by atoms with Crippen LogP contribution in [0.2, 0.25) is 0 Å². The normalized spacial score (nSPS) is 22.2. The van der Waals surface area contributed by atoms with Crippen LogP contribution in [0.15, 0.2) is 23.2 Å². The van der Waals surface area contributed by atoms with E-state index in [9.17, 15) is 18.0 Å². The van der Waals surface area contributed by atoms with Crippen LogP contribution in [0.25, 0.3) is 15.8 Å². The maximum atomic E-state index is 13.2. The van der Waals surface area contributed by atoms with E-state index in [4.69, 9.17) is 0 Å². The van der Waals surface area contributed by atoms with E-state index in [1.807, 2.05) is 0 Å². The summed E-state index contributed by atoms with van der Waals surface area (Å²) in [7, 11) is 0. The molecule has 4 rings (SSSR count). The molecule has 3 unspecified atom stereocenters. The van der Waals surface area contributed by atoms with Crippen LogP contribution < -0.4 is 10.6 Å². The fraction of sp³-hybridized carbons (Fsp3) is 0.600. The minimum Gasteiger partial charge on any atom is -0.320 e. The molecule has 10 heteroatoms. The lowest BCUT2D eigenvalue weighted by Gasteiger charge is -2.37. The van der Waals surface area contributed by atoms with E-state index in [2.05, 4.69) is 48.2 Å². The summed E-state index contributed by atoms with van der Waals surface area (Å²) < 4.78 is 40.4. The average Bonchev–Trinajstić information content (AvgIpc) is 3.37. The summed E-state index contributed by atoms with van der Waals surface area (Å²) in [6, 6.07) is 4.52. The van der Waals surface area contributed by atoms with E-state index in [0.29, 0.717) is 35.6 Å². The minimum absolute atomic E-state index is 0.0550. The maximum absolute atomic E-state index is 13.2. The third kappa shape index (κ3) is 6.03. The van der Waals surface area contributed by atoms with E-state index in [1.165, 1.54) is 17.4 Å². The summed E-state index contributed by atoms with van der Waals surface area (Å²) >= 11 is 3.09. The molecular formula is C25H33F3N4OS2. The molecule has 2 N–H and O–H groups in total. The number of thioether (sulfide) groups is 1. The molecule has 0 saturated carbocycles. The van der Waals surface area contributed by atoms with Crippen molar-refractivity contribution < 1.29 is 18.0 Å². The van der Waals surface area contributed by atoms with Gasteiger partial charge in [0.05, 0.1) is 20.8 Å². The van der Waals surface area contributed by atoms with Crippen molar-refractivity contribution in [1.82, 2.24) is 20.5 Å². The predicted molar refractivity (Wildman–Crippen MR) is 138 cm³/mol. The maximum Gasteiger partial charge on any atom is 0.416 e. The second kappa shape index (κ2) is 10.8. The standard InChI is InChI=1S/C25H33F3N4OS2/c1-5-15(4)29-10-8-21(33)31-24-22(17-9-11-32(14(2)3)13-20(17)35-24)23-30-18-12-16(25(26,27)28)6-7-19(18)34-23/h6-7,12,14-15,17,20,29H,5,8-11,13H2,1-4H3,(H,31,33). The van der Waals surface area contributed by atoms with Crippen molar-refractivity contribution in [1.29, 1.82) is 0 Å². The fourth-order valence-electron chi connectivity index (χ4n) is 4.58. The van der Waals surface area contributed by atoms with Crippen LogP contribution in [0.4, 0.5) is 13.2 Å². The zero-order valence-electron chi connectivity index (χ0n) is 20.5. The van der Waals surface area contributed by atoms with Crippen LogP contribution in [-0.4, -0.2) is 52.8 Å². The lowest BCUT2D eigenvalue weighted by molar-refractivity contribution is -0.137. The monoisotopic (exact) mass is 526 g/mol. The number of carbonyl (C=O) groups excluding carboxylic acids is 1. The first-order chi connectivity index (χ1) is 16.6. The Hall–Kier alpha value is -1.62. The molecule has 3 atom stereocenters. The molecule has 0 aliphatic carbocycles. The third-order valence-electron chi connectivity index (χ3n) is 6.86. The first kappa shape index (κ1) is 26.4. The number of fused-ring (bicyclic) bond motifs is 2. The molecule has 2 aromatic rings. The number of rotatable bonds is 8. The van der Waals surface area contributed by atoms with Crippen LogP contribution in [-0.2, 0) is 11.0 Å². The predicted octanol–water partition coefficient (Wildman–Crippen LogP) is 5.72. The van der Waals surface area contributed by atoms with E-state index in [0.717, 1.165) is 53.4 Å². The van der Waals surface area contributed by atoms with Gasteiger partial charge in [-0.2, -0.15) is 13.2 Å². The number of allylic oxidation sites excluding steroid dienone is 1. The van der Waals surface area contributed by atoms with Gasteiger partial charge in [-0.25, -0.2) is 4.98 Å². The summed E-state index contributed by atoms with van der Waals surface area (Å²) in [4.78, 5) is 19.9. The van der Waals surface area contributed by atoms with Gasteiger partial charge in [-0.05, 0) is 58.4 Å². The number of thiazole rings is 1. The molecule has 1 aromatic heterocycles. The Morgan fingerprint density at radius 3 is 2.74 bits per heavy atom. The van der Waals surface area contributed by atoms with Gasteiger partial charge >= 0.3 is 6.18 Å². The highest BCUT2D eigenvalue weighted by Gasteiger charge is 2.42. The molecule has 2 aliphatic rings. The Bertz CT molecular complexity index is 1100. The molecule has 0 bridgehead atoms. The van der Waals surface area contributed by atoms with E-state index >= 15 is 0 Å². The second-order valence-corrected chi connectivity index (χ2v) is 11.9. The number of benzene rings is 1. The highest BCUT2D eigenvalue weighted by Crippen LogP contribution is 2.51. The van der Waals surface area contributed by atoms with Gasteiger partial charge in [0.15, 0.2) is 0 Å². The van der Waals surface area contributed by atoms with Crippen molar-refractivity contribution in [2.24, 2.45) is 5.92 Å². The third-order valence-corrected chi connectivity index (χ3v) is 9.27. The van der Waals surface area contributed by atoms with Gasteiger partial charge in [0.2, 0.25) is 5.91 Å². The molecule has 3 heterocycles. The van der Waals surface area contributed by atoms with Gasteiger partial charge in [-0.3, -0.25) is 9.69 Å². The smallest absolute Gasteiger partial charge is 0.320 e. The summed E-state index contributed by atoms with van der Waals surface area (Å²) in [5, 5.41) is 8.29. The van der Waals surface area contributed by atoms with Crippen molar-refractivity contribution in [3.8, 4) is 0 Å². The number of nitrogens with zero attached hydrogens (tertiary/aromatic N) is 2. The Kier molecular flexibility index (Phi) is 8.15. The van der Waals surface area contributed by atoms with Crippen LogP contribution in [0.3, 0.4) is 0 Å². The molecule has 0 radical (unpaired) electrons. The van der Waals surface area contributed by atoms with Crippen molar-refractivity contribution >= 4 is 44.8 Å². The van der Waals surface area contributed by atoms with E-state index in [1.54, 1.807) is 11.8 Å². The summed E-state index contributed by atoms with van der Waals surface area (Å²) in [5.41, 5.74) is 0.646. The molecule has 2 aliphatic heterocycles. The molecule has 1 saturated heterocycles. The highest BCUT2D eigenvalue weighted by molar-refractivity contribution is 8.04. The summed E-state index contributed by atoms with van der Waals surface area (Å²) in [6.07, 6.45) is -2.11. The van der Waals surface area contributed by atoms with Gasteiger partial charge in [-0.15, -0.1) is 23.1 Å². The fourth-order valence-corrected chi connectivity index (χ4v) is 7.26. The molecule has 1 aromatic carbocycles. The number of piperidine rings is 1. The number of aromatic nitrogens is 1. The van der Waals surface area contributed by atoms with E-state index < -0.39 is 11.7 Å². The number of hydrogen-bond acceptors (Lipinski definition) is 6. The Morgan fingerprint density at radius 2 is 2.06 bits per heavy atom. The van der Waals surface area contributed by atoms with Gasteiger partial charge in [0.1, 0.15) is 5.01 Å². The Balaban J connectivity index is 1.62. The van der Waals surface area contributed by atoms with Crippen LogP contribution in [0, 0.1) is 5.92 Å². The molecule has 192 valence electrons. The number of halogens is 3. The van der Waals surface area contributed by atoms with Gasteiger partial charge in [0.25, 0.3) is 0 Å². The van der Waals surface area contributed by atoms with Crippen molar-refractivity contribution in [2.75, 3.05) is 19.6 Å². The number of alkyl halides is 3. The minimum atomic E-state index is -4.41. The number of nitrogens with one attached hydrogen (secondary N) is 2. The van der Waals surface area contributed by atoms with Crippen LogP contribution in [0.1, 0.15) is 57.5 Å². The topological polar surface area (TPSA) is 57.3 Å². The zero-order valence-corrected chi connectivity index (χ0v) is 22.2. The first-order valence-corrected chi connectivity index (χ1v) is 13.9. The van der Waals surface area contributed by atoms with Gasteiger partial charge in [0, 0.05) is 48.3 Å². The quantitative estimate of drug-likeness (QED) is 0.461. The number of hydrogen-bond donors (Lipinski definition) is 2. The molecule has 35 heavy (non-hydrogen) atoms. The van der Waals surface area contributed by atoms with Crippen molar-refractivity contribution in [3.05, 3.63) is 33.8 Å². The number of carbonyl (C=O) groups is 1. The van der Waals surface area contributed by atoms with Crippen molar-refractivity contribution in [2.45, 2.75) is 70.5 Å². The largest absolute Gasteiger partial charge is 0.416 e. The average molecular weight is 527 g/mol. The summed E-state index contributed by atoms with van der Waals surface area (Å²) in [5.74, 6) is 0.159. The highest BCUT2D eigenvalue weighted by atomic mass is 32.2. The molecular weight excluding hydrogens is 493 g/mol. The lowest BCUT2D eigenvalue weighted by atomic mass is 9.89.